The number of nitrogens with zero attached hydrogens (tertiary/aromatic N) is 2. The lowest BCUT2D eigenvalue weighted by molar-refractivity contribution is 0.0951. The molecule has 1 aromatic carbocycles. The normalized spacial score (nSPS) is 9.68. The Balaban J connectivity index is 2.33. The summed E-state index contributed by atoms with van der Waals surface area (Å²) in [6, 6.07) is 12.9. The Morgan fingerprint density at radius 1 is 1.32 bits per heavy atom. The molecule has 0 saturated carbocycles. The summed E-state index contributed by atoms with van der Waals surface area (Å²) in [4.78, 5) is 15.7. The first-order valence-corrected chi connectivity index (χ1v) is 6.00. The molecule has 4 heteroatoms. The molecule has 1 N–H and O–H groups in total. The fourth-order valence-corrected chi connectivity index (χ4v) is 1.77. The molecule has 0 atom stereocenters. The van der Waals surface area contributed by atoms with E-state index in [2.05, 4.69) is 16.4 Å². The van der Waals surface area contributed by atoms with E-state index in [-0.39, 0.29) is 5.91 Å². The van der Waals surface area contributed by atoms with Gasteiger partial charge in [0.2, 0.25) is 0 Å². The van der Waals surface area contributed by atoms with Gasteiger partial charge >= 0.3 is 0 Å². The molecular formula is C15H13N3O. The molecule has 19 heavy (non-hydrogen) atoms. The van der Waals surface area contributed by atoms with Crippen LogP contribution >= 0.6 is 0 Å². The number of benzene rings is 1. The van der Waals surface area contributed by atoms with Gasteiger partial charge in [-0.25, -0.2) is 0 Å². The first-order chi connectivity index (χ1) is 9.26. The second-order valence-electron chi connectivity index (χ2n) is 3.95. The van der Waals surface area contributed by atoms with Gasteiger partial charge in [-0.05, 0) is 19.1 Å². The van der Waals surface area contributed by atoms with Crippen LogP contribution in [0, 0.1) is 11.3 Å². The van der Waals surface area contributed by atoms with Gasteiger partial charge in [0.15, 0.2) is 0 Å². The molecule has 0 radical (unpaired) electrons. The highest BCUT2D eigenvalue weighted by Gasteiger charge is 2.08. The monoisotopic (exact) mass is 251 g/mol. The Morgan fingerprint density at radius 2 is 2.11 bits per heavy atom. The molecule has 0 unspecified atom stereocenters. The van der Waals surface area contributed by atoms with Crippen LogP contribution in [-0.2, 0) is 0 Å². The summed E-state index contributed by atoms with van der Waals surface area (Å²) in [5.74, 6) is -0.192. The number of amides is 1. The number of nitriles is 1. The molecule has 1 heterocycles. The number of pyridine rings is 1. The first kappa shape index (κ1) is 12.8. The lowest BCUT2D eigenvalue weighted by Crippen LogP contribution is -2.23. The fraction of sp³-hybridized carbons (Fsp3) is 0.133. The summed E-state index contributed by atoms with van der Waals surface area (Å²) in [6.07, 6.45) is 1.61. The molecule has 1 aromatic heterocycles. The van der Waals surface area contributed by atoms with Crippen LogP contribution in [-0.4, -0.2) is 17.4 Å². The zero-order valence-electron chi connectivity index (χ0n) is 10.6. The molecule has 1 amide bonds. The Labute approximate surface area is 111 Å². The summed E-state index contributed by atoms with van der Waals surface area (Å²) < 4.78 is 0. The summed E-state index contributed by atoms with van der Waals surface area (Å²) in [6.45, 7) is 2.43. The predicted octanol–water partition coefficient (Wildman–Crippen LogP) is 2.37. The van der Waals surface area contributed by atoms with E-state index in [0.29, 0.717) is 17.8 Å². The second kappa shape index (κ2) is 5.78. The highest BCUT2D eigenvalue weighted by atomic mass is 16.1. The molecule has 94 valence electrons. The van der Waals surface area contributed by atoms with Crippen molar-refractivity contribution in [2.45, 2.75) is 6.92 Å². The minimum absolute atomic E-state index is 0.192. The van der Waals surface area contributed by atoms with Crippen LogP contribution in [0.2, 0.25) is 0 Å². The maximum Gasteiger partial charge on any atom is 0.269 e. The van der Waals surface area contributed by atoms with Gasteiger partial charge in [0, 0.05) is 23.9 Å². The van der Waals surface area contributed by atoms with E-state index in [0.717, 1.165) is 11.1 Å². The van der Waals surface area contributed by atoms with E-state index in [1.165, 1.54) is 0 Å². The number of hydrogen-bond donors (Lipinski definition) is 1. The summed E-state index contributed by atoms with van der Waals surface area (Å²) in [7, 11) is 0. The van der Waals surface area contributed by atoms with E-state index in [4.69, 9.17) is 5.26 Å². The van der Waals surface area contributed by atoms with E-state index in [1.54, 1.807) is 24.4 Å². The van der Waals surface area contributed by atoms with Gasteiger partial charge in [-0.2, -0.15) is 5.26 Å². The van der Waals surface area contributed by atoms with Crippen molar-refractivity contribution in [1.29, 1.82) is 5.26 Å². The molecule has 0 fully saturated rings. The SMILES string of the molecule is CCNC(=O)c1ccc(-c2ccccc2C#N)cn1. The molecule has 0 aliphatic rings. The Kier molecular flexibility index (Phi) is 3.89. The van der Waals surface area contributed by atoms with Crippen LogP contribution in [0.15, 0.2) is 42.6 Å². The third-order valence-electron chi connectivity index (χ3n) is 2.69. The summed E-state index contributed by atoms with van der Waals surface area (Å²) in [5.41, 5.74) is 2.61. The van der Waals surface area contributed by atoms with Gasteiger partial charge in [-0.1, -0.05) is 24.3 Å². The average molecular weight is 251 g/mol. The van der Waals surface area contributed by atoms with Crippen molar-refractivity contribution in [1.82, 2.24) is 10.3 Å². The Hall–Kier alpha value is -2.67. The highest BCUT2D eigenvalue weighted by Crippen LogP contribution is 2.22. The molecular weight excluding hydrogens is 238 g/mol. The lowest BCUT2D eigenvalue weighted by atomic mass is 10.0. The Bertz CT molecular complexity index is 627. The topological polar surface area (TPSA) is 65.8 Å². The number of hydrogen-bond acceptors (Lipinski definition) is 3. The molecule has 0 aliphatic heterocycles. The van der Waals surface area contributed by atoms with Gasteiger partial charge in [0.05, 0.1) is 11.6 Å². The van der Waals surface area contributed by atoms with Crippen LogP contribution in [0.5, 0.6) is 0 Å². The fourth-order valence-electron chi connectivity index (χ4n) is 1.77. The molecule has 2 rings (SSSR count). The van der Waals surface area contributed by atoms with Crippen molar-refractivity contribution in [3.8, 4) is 17.2 Å². The second-order valence-corrected chi connectivity index (χ2v) is 3.95. The van der Waals surface area contributed by atoms with Crippen LogP contribution in [0.4, 0.5) is 0 Å². The van der Waals surface area contributed by atoms with E-state index in [1.807, 2.05) is 25.1 Å². The van der Waals surface area contributed by atoms with Crippen LogP contribution in [0.25, 0.3) is 11.1 Å². The number of carbonyl (C=O) groups excluding carboxylic acids is 1. The molecule has 2 aromatic rings. The van der Waals surface area contributed by atoms with E-state index >= 15 is 0 Å². The van der Waals surface area contributed by atoms with E-state index < -0.39 is 0 Å². The molecule has 4 nitrogen and oxygen atoms in total. The molecule has 0 saturated heterocycles. The third kappa shape index (κ3) is 2.78. The van der Waals surface area contributed by atoms with Crippen molar-refractivity contribution in [3.05, 3.63) is 53.9 Å². The average Bonchev–Trinajstić information content (AvgIpc) is 2.47. The largest absolute Gasteiger partial charge is 0.351 e. The minimum atomic E-state index is -0.192. The summed E-state index contributed by atoms with van der Waals surface area (Å²) >= 11 is 0. The summed E-state index contributed by atoms with van der Waals surface area (Å²) in [5, 5.41) is 11.7. The third-order valence-corrected chi connectivity index (χ3v) is 2.69. The zero-order valence-corrected chi connectivity index (χ0v) is 10.6. The number of aromatic nitrogens is 1. The molecule has 0 bridgehead atoms. The number of rotatable bonds is 3. The molecule has 0 spiro atoms. The maximum atomic E-state index is 11.6. The van der Waals surface area contributed by atoms with E-state index in [9.17, 15) is 4.79 Å². The van der Waals surface area contributed by atoms with Crippen molar-refractivity contribution in [3.63, 3.8) is 0 Å². The van der Waals surface area contributed by atoms with Crippen molar-refractivity contribution < 1.29 is 4.79 Å². The van der Waals surface area contributed by atoms with Gasteiger partial charge in [-0.3, -0.25) is 9.78 Å². The van der Waals surface area contributed by atoms with Gasteiger partial charge in [0.1, 0.15) is 5.69 Å². The van der Waals surface area contributed by atoms with Crippen molar-refractivity contribution in [2.24, 2.45) is 0 Å². The number of carbonyl (C=O) groups is 1. The Morgan fingerprint density at radius 3 is 2.74 bits per heavy atom. The highest BCUT2D eigenvalue weighted by molar-refractivity contribution is 5.92. The smallest absolute Gasteiger partial charge is 0.269 e. The van der Waals surface area contributed by atoms with Crippen LogP contribution < -0.4 is 5.32 Å². The van der Waals surface area contributed by atoms with Crippen molar-refractivity contribution >= 4 is 5.91 Å². The van der Waals surface area contributed by atoms with Gasteiger partial charge < -0.3 is 5.32 Å². The van der Waals surface area contributed by atoms with Gasteiger partial charge in [-0.15, -0.1) is 0 Å². The molecule has 0 aliphatic carbocycles. The lowest BCUT2D eigenvalue weighted by Gasteiger charge is -2.05. The standard InChI is InChI=1S/C15H13N3O/c1-2-17-15(19)14-8-7-12(10-18-14)13-6-4-3-5-11(13)9-16/h3-8,10H,2H2,1H3,(H,17,19). The minimum Gasteiger partial charge on any atom is -0.351 e. The maximum absolute atomic E-state index is 11.6. The van der Waals surface area contributed by atoms with Crippen molar-refractivity contribution in [2.75, 3.05) is 6.54 Å². The zero-order chi connectivity index (χ0) is 13.7. The van der Waals surface area contributed by atoms with Crippen LogP contribution in [0.3, 0.4) is 0 Å². The van der Waals surface area contributed by atoms with Crippen LogP contribution in [0.1, 0.15) is 23.0 Å². The first-order valence-electron chi connectivity index (χ1n) is 6.00. The van der Waals surface area contributed by atoms with Gasteiger partial charge in [0.25, 0.3) is 5.91 Å². The predicted molar refractivity (Wildman–Crippen MR) is 72.4 cm³/mol. The number of nitrogens with one attached hydrogen (secondary N) is 1. The quantitative estimate of drug-likeness (QED) is 0.910.